The highest BCUT2D eigenvalue weighted by Gasteiger charge is 2.52. The van der Waals surface area contributed by atoms with Crippen molar-refractivity contribution in [2.45, 2.75) is 12.3 Å². The van der Waals surface area contributed by atoms with E-state index in [0.29, 0.717) is 27.6 Å². The summed E-state index contributed by atoms with van der Waals surface area (Å²) < 4.78 is 0. The number of nitrogens with two attached hydrogens (primary N) is 1. The summed E-state index contributed by atoms with van der Waals surface area (Å²) in [6.07, 6.45) is 0.528. The molecule has 0 bridgehead atoms. The minimum absolute atomic E-state index is 0.0217. The highest BCUT2D eigenvalue weighted by molar-refractivity contribution is 6.42. The summed E-state index contributed by atoms with van der Waals surface area (Å²) in [5.74, 6) is -0.656. The molecular weight excluding hydrogens is 391 g/mol. The zero-order valence-corrected chi connectivity index (χ0v) is 16.0. The van der Waals surface area contributed by atoms with Crippen LogP contribution in [0, 0.1) is 39.4 Å². The van der Waals surface area contributed by atoms with E-state index in [4.69, 9.17) is 28.9 Å². The summed E-state index contributed by atoms with van der Waals surface area (Å²) in [5.41, 5.74) is 8.93. The van der Waals surface area contributed by atoms with Gasteiger partial charge in [-0.1, -0.05) is 53.5 Å². The first-order chi connectivity index (χ1) is 13.5. The van der Waals surface area contributed by atoms with Crippen LogP contribution in [0.3, 0.4) is 0 Å². The highest BCUT2D eigenvalue weighted by atomic mass is 35.5. The topological polar surface area (TPSA) is 97.4 Å². The Morgan fingerprint density at radius 1 is 1.00 bits per heavy atom. The standard InChI is InChI=1S/C22H12Cl2N4/c23-17-6-5-13(8-18(17)24)20-15-7-12-3-1-2-4-14(12)19(15)16(9-25)21(28)22(20,10-26)11-27/h1-6,8,20H,7,28H2. The molecule has 4 nitrogen and oxygen atoms in total. The van der Waals surface area contributed by atoms with Gasteiger partial charge in [0.2, 0.25) is 0 Å². The molecule has 0 fully saturated rings. The van der Waals surface area contributed by atoms with Crippen molar-refractivity contribution >= 4 is 28.8 Å². The van der Waals surface area contributed by atoms with Crippen molar-refractivity contribution < 1.29 is 0 Å². The van der Waals surface area contributed by atoms with Gasteiger partial charge in [-0.25, -0.2) is 0 Å². The van der Waals surface area contributed by atoms with Gasteiger partial charge >= 0.3 is 0 Å². The number of nitrogens with zero attached hydrogens (tertiary/aromatic N) is 3. The summed E-state index contributed by atoms with van der Waals surface area (Å²) in [6.45, 7) is 0. The molecule has 1 unspecified atom stereocenters. The molecule has 28 heavy (non-hydrogen) atoms. The van der Waals surface area contributed by atoms with Crippen LogP contribution in [0.4, 0.5) is 0 Å². The average Bonchev–Trinajstić information content (AvgIpc) is 3.08. The Balaban J connectivity index is 2.08. The maximum atomic E-state index is 10.0. The van der Waals surface area contributed by atoms with Crippen LogP contribution in [0.25, 0.3) is 5.57 Å². The minimum Gasteiger partial charge on any atom is -0.399 e. The summed E-state index contributed by atoms with van der Waals surface area (Å²) in [5, 5.41) is 30.6. The van der Waals surface area contributed by atoms with E-state index in [1.165, 1.54) is 0 Å². The van der Waals surface area contributed by atoms with Crippen molar-refractivity contribution in [1.82, 2.24) is 0 Å². The van der Waals surface area contributed by atoms with E-state index in [-0.39, 0.29) is 11.3 Å². The van der Waals surface area contributed by atoms with Crippen LogP contribution in [0.15, 0.2) is 59.3 Å². The summed E-state index contributed by atoms with van der Waals surface area (Å²) in [7, 11) is 0. The Labute approximate surface area is 172 Å². The number of hydrogen-bond donors (Lipinski definition) is 1. The van der Waals surface area contributed by atoms with Gasteiger partial charge in [0.1, 0.15) is 6.07 Å². The van der Waals surface area contributed by atoms with E-state index in [1.807, 2.05) is 24.3 Å². The normalized spacial score (nSPS) is 19.3. The Morgan fingerprint density at radius 3 is 2.36 bits per heavy atom. The molecule has 2 aromatic rings. The number of rotatable bonds is 1. The predicted molar refractivity (Wildman–Crippen MR) is 107 cm³/mol. The molecule has 134 valence electrons. The Morgan fingerprint density at radius 2 is 1.71 bits per heavy atom. The first-order valence-corrected chi connectivity index (χ1v) is 9.23. The molecule has 0 aromatic heterocycles. The fraction of sp³-hybridized carbons (Fsp3) is 0.136. The van der Waals surface area contributed by atoms with Gasteiger partial charge in [0, 0.05) is 11.5 Å². The van der Waals surface area contributed by atoms with Crippen LogP contribution >= 0.6 is 23.2 Å². The first-order valence-electron chi connectivity index (χ1n) is 8.48. The Bertz CT molecular complexity index is 1200. The van der Waals surface area contributed by atoms with Crippen LogP contribution in [-0.2, 0) is 6.42 Å². The summed E-state index contributed by atoms with van der Waals surface area (Å²) in [4.78, 5) is 0. The van der Waals surface area contributed by atoms with Crippen LogP contribution in [0.2, 0.25) is 10.0 Å². The molecule has 0 amide bonds. The first kappa shape index (κ1) is 18.1. The monoisotopic (exact) mass is 402 g/mol. The maximum Gasteiger partial charge on any atom is 0.194 e. The van der Waals surface area contributed by atoms with E-state index in [0.717, 1.165) is 16.7 Å². The molecule has 2 N–H and O–H groups in total. The van der Waals surface area contributed by atoms with Crippen molar-refractivity contribution in [3.63, 3.8) is 0 Å². The van der Waals surface area contributed by atoms with Gasteiger partial charge < -0.3 is 5.73 Å². The van der Waals surface area contributed by atoms with Crippen molar-refractivity contribution in [1.29, 1.82) is 15.8 Å². The van der Waals surface area contributed by atoms with Crippen LogP contribution < -0.4 is 5.73 Å². The predicted octanol–water partition coefficient (Wildman–Crippen LogP) is 4.87. The fourth-order valence-corrected chi connectivity index (χ4v) is 4.52. The van der Waals surface area contributed by atoms with Crippen LogP contribution in [0.5, 0.6) is 0 Å². The van der Waals surface area contributed by atoms with Crippen molar-refractivity contribution in [2.75, 3.05) is 0 Å². The average molecular weight is 403 g/mol. The number of fused-ring (bicyclic) bond motifs is 2. The van der Waals surface area contributed by atoms with E-state index in [2.05, 4.69) is 18.2 Å². The quantitative estimate of drug-likeness (QED) is 0.735. The third kappa shape index (κ3) is 2.28. The molecule has 1 atom stereocenters. The molecule has 0 heterocycles. The number of allylic oxidation sites excluding steroid dienone is 4. The van der Waals surface area contributed by atoms with Crippen molar-refractivity contribution in [3.8, 4) is 18.2 Å². The molecular formula is C22H12Cl2N4. The smallest absolute Gasteiger partial charge is 0.194 e. The van der Waals surface area contributed by atoms with Crippen LogP contribution in [-0.4, -0.2) is 0 Å². The molecule has 0 spiro atoms. The third-order valence-corrected chi connectivity index (χ3v) is 6.19. The molecule has 0 aliphatic heterocycles. The van der Waals surface area contributed by atoms with Gasteiger partial charge in [-0.2, -0.15) is 15.8 Å². The lowest BCUT2D eigenvalue weighted by molar-refractivity contribution is 0.508. The third-order valence-electron chi connectivity index (χ3n) is 5.46. The lowest BCUT2D eigenvalue weighted by atomic mass is 9.62. The SMILES string of the molecule is N#CC1=C(N)C(C#N)(C#N)C(c2ccc(Cl)c(Cl)c2)C2=C1c1ccccc1C2. The maximum absolute atomic E-state index is 10.0. The number of benzene rings is 2. The molecule has 0 saturated heterocycles. The Kier molecular flexibility index (Phi) is 4.17. The lowest BCUT2D eigenvalue weighted by Gasteiger charge is -2.36. The molecule has 2 aliphatic rings. The number of halogens is 2. The summed E-state index contributed by atoms with van der Waals surface area (Å²) in [6, 6.07) is 19.1. The van der Waals surface area contributed by atoms with Crippen molar-refractivity contribution in [2.24, 2.45) is 11.1 Å². The molecule has 0 radical (unpaired) electrons. The molecule has 2 aromatic carbocycles. The number of hydrogen-bond acceptors (Lipinski definition) is 4. The molecule has 0 saturated carbocycles. The molecule has 6 heteroatoms. The van der Waals surface area contributed by atoms with Crippen molar-refractivity contribution in [3.05, 3.63) is 86.0 Å². The Hall–Kier alpha value is -3.23. The fourth-order valence-electron chi connectivity index (χ4n) is 4.21. The molecule has 2 aliphatic carbocycles. The van der Waals surface area contributed by atoms with Gasteiger partial charge in [-0.15, -0.1) is 0 Å². The largest absolute Gasteiger partial charge is 0.399 e. The van der Waals surface area contributed by atoms with Gasteiger partial charge in [-0.3, -0.25) is 0 Å². The zero-order valence-electron chi connectivity index (χ0n) is 14.5. The second-order valence-electron chi connectivity index (χ2n) is 6.77. The van der Waals surface area contributed by atoms with Crippen LogP contribution in [0.1, 0.15) is 22.6 Å². The van der Waals surface area contributed by atoms with Gasteiger partial charge in [0.15, 0.2) is 5.41 Å². The minimum atomic E-state index is -1.71. The van der Waals surface area contributed by atoms with Gasteiger partial charge in [0.05, 0.1) is 33.5 Å². The van der Waals surface area contributed by atoms with E-state index in [1.54, 1.807) is 18.2 Å². The highest BCUT2D eigenvalue weighted by Crippen LogP contribution is 2.56. The second kappa shape index (κ2) is 6.43. The van der Waals surface area contributed by atoms with Gasteiger partial charge in [-0.05, 0) is 40.8 Å². The van der Waals surface area contributed by atoms with E-state index in [9.17, 15) is 15.8 Å². The van der Waals surface area contributed by atoms with Gasteiger partial charge in [0.25, 0.3) is 0 Å². The second-order valence-corrected chi connectivity index (χ2v) is 7.59. The van der Waals surface area contributed by atoms with E-state index >= 15 is 0 Å². The molecule has 4 rings (SSSR count). The number of nitriles is 3. The lowest BCUT2D eigenvalue weighted by Crippen LogP contribution is -2.37. The zero-order chi connectivity index (χ0) is 20.1. The van der Waals surface area contributed by atoms with E-state index < -0.39 is 11.3 Å². The summed E-state index contributed by atoms with van der Waals surface area (Å²) >= 11 is 12.3.